The topological polar surface area (TPSA) is 113 Å². The first-order chi connectivity index (χ1) is 19.1. The normalized spacial score (nSPS) is 20.1. The molecule has 4 rings (SSSR count). The van der Waals surface area contributed by atoms with Crippen molar-refractivity contribution in [3.63, 3.8) is 0 Å². The van der Waals surface area contributed by atoms with Gasteiger partial charge < -0.3 is 25.6 Å². The van der Waals surface area contributed by atoms with Crippen LogP contribution in [0.15, 0.2) is 30.3 Å². The van der Waals surface area contributed by atoms with E-state index in [0.29, 0.717) is 43.0 Å². The Hall–Kier alpha value is -3.36. The maximum atomic E-state index is 13.4. The number of rotatable bonds is 8. The third kappa shape index (κ3) is 8.57. The fraction of sp³-hybridized carbons (Fsp3) is 0.613. The Morgan fingerprint density at radius 2 is 1.55 bits per heavy atom. The Morgan fingerprint density at radius 3 is 2.23 bits per heavy atom. The molecular formula is C31H45N5O4. The van der Waals surface area contributed by atoms with Gasteiger partial charge in [0, 0.05) is 44.0 Å². The van der Waals surface area contributed by atoms with Gasteiger partial charge >= 0.3 is 6.09 Å². The summed E-state index contributed by atoms with van der Waals surface area (Å²) < 4.78 is 5.43. The standard InChI is InChI=1S/C31H45N5O4/c1-21(37)32-18-23-13-15-36(16-14-23)28-17-26(25-7-5-6-8-27(25)34-28)29(38)33-19-22-9-11-24(12-10-22)20-40-30(39)35-31(2,3)4/h5-8,17,22-24H,9-16,18-20H2,1-4H3,(H,32,37)(H,33,38)(H,35,39). The van der Waals surface area contributed by atoms with Crippen LogP contribution in [0.25, 0.3) is 10.9 Å². The Labute approximate surface area is 237 Å². The molecule has 2 aromatic rings. The molecular weight excluding hydrogens is 506 g/mol. The molecule has 1 aromatic carbocycles. The van der Waals surface area contributed by atoms with E-state index in [1.807, 2.05) is 51.1 Å². The molecule has 0 radical (unpaired) electrons. The van der Waals surface area contributed by atoms with Gasteiger partial charge in [0.15, 0.2) is 0 Å². The molecule has 0 unspecified atom stereocenters. The second kappa shape index (κ2) is 13.3. The van der Waals surface area contributed by atoms with Gasteiger partial charge in [0.2, 0.25) is 5.91 Å². The molecule has 0 spiro atoms. The summed E-state index contributed by atoms with van der Waals surface area (Å²) in [6.07, 6.45) is 5.58. The van der Waals surface area contributed by atoms with Crippen LogP contribution in [0.2, 0.25) is 0 Å². The van der Waals surface area contributed by atoms with Crippen molar-refractivity contribution in [2.75, 3.05) is 37.7 Å². The number of carbonyl (C=O) groups excluding carboxylic acids is 3. The van der Waals surface area contributed by atoms with Gasteiger partial charge in [-0.25, -0.2) is 9.78 Å². The Bertz CT molecular complexity index is 1180. The van der Waals surface area contributed by atoms with E-state index in [0.717, 1.165) is 68.3 Å². The van der Waals surface area contributed by atoms with Crippen LogP contribution in [-0.2, 0) is 9.53 Å². The number of carbonyl (C=O) groups is 3. The zero-order valence-corrected chi connectivity index (χ0v) is 24.4. The summed E-state index contributed by atoms with van der Waals surface area (Å²) in [5, 5.41) is 9.82. The summed E-state index contributed by atoms with van der Waals surface area (Å²) >= 11 is 0. The van der Waals surface area contributed by atoms with Crippen LogP contribution in [0, 0.1) is 17.8 Å². The number of anilines is 1. The lowest BCUT2D eigenvalue weighted by molar-refractivity contribution is -0.119. The van der Waals surface area contributed by atoms with Crippen molar-refractivity contribution in [1.82, 2.24) is 20.9 Å². The molecule has 2 aliphatic rings. The zero-order chi connectivity index (χ0) is 28.7. The monoisotopic (exact) mass is 551 g/mol. The van der Waals surface area contributed by atoms with E-state index in [4.69, 9.17) is 9.72 Å². The highest BCUT2D eigenvalue weighted by atomic mass is 16.5. The van der Waals surface area contributed by atoms with Gasteiger partial charge in [-0.3, -0.25) is 9.59 Å². The van der Waals surface area contributed by atoms with E-state index >= 15 is 0 Å². The van der Waals surface area contributed by atoms with Crippen LogP contribution in [0.3, 0.4) is 0 Å². The third-order valence-electron chi connectivity index (χ3n) is 7.97. The van der Waals surface area contributed by atoms with Gasteiger partial charge in [-0.15, -0.1) is 0 Å². The number of alkyl carbamates (subject to hydrolysis) is 1. The molecule has 1 aliphatic heterocycles. The fourth-order valence-electron chi connectivity index (χ4n) is 5.64. The average Bonchev–Trinajstić information content (AvgIpc) is 2.93. The van der Waals surface area contributed by atoms with Gasteiger partial charge in [-0.1, -0.05) is 18.2 Å². The lowest BCUT2D eigenvalue weighted by Crippen LogP contribution is -2.41. The molecule has 3 N–H and O–H groups in total. The smallest absolute Gasteiger partial charge is 0.407 e. The number of pyridine rings is 1. The minimum Gasteiger partial charge on any atom is -0.449 e. The minimum absolute atomic E-state index is 0.0111. The average molecular weight is 552 g/mol. The van der Waals surface area contributed by atoms with E-state index in [1.165, 1.54) is 0 Å². The molecule has 1 saturated heterocycles. The molecule has 1 aromatic heterocycles. The van der Waals surface area contributed by atoms with Gasteiger partial charge in [0.25, 0.3) is 5.91 Å². The van der Waals surface area contributed by atoms with Crippen LogP contribution in [0.5, 0.6) is 0 Å². The Balaban J connectivity index is 1.30. The second-order valence-electron chi connectivity index (χ2n) is 12.5. The second-order valence-corrected chi connectivity index (χ2v) is 12.5. The highest BCUT2D eigenvalue weighted by Gasteiger charge is 2.25. The number of para-hydroxylation sites is 1. The molecule has 3 amide bonds. The number of nitrogens with one attached hydrogen (secondary N) is 3. The first-order valence-electron chi connectivity index (χ1n) is 14.7. The van der Waals surface area contributed by atoms with Crippen molar-refractivity contribution in [3.8, 4) is 0 Å². The molecule has 0 bridgehead atoms. The number of ether oxygens (including phenoxy) is 1. The predicted octanol–water partition coefficient (Wildman–Crippen LogP) is 4.65. The SMILES string of the molecule is CC(=O)NCC1CCN(c2cc(C(=O)NCC3CCC(COC(=O)NC(C)(C)C)CC3)c3ccccc3n2)CC1. The van der Waals surface area contributed by atoms with Gasteiger partial charge in [-0.05, 0) is 89.2 Å². The molecule has 1 aliphatic carbocycles. The molecule has 40 heavy (non-hydrogen) atoms. The zero-order valence-electron chi connectivity index (χ0n) is 24.4. The number of hydrogen-bond donors (Lipinski definition) is 3. The largest absolute Gasteiger partial charge is 0.449 e. The summed E-state index contributed by atoms with van der Waals surface area (Å²) in [6, 6.07) is 9.75. The maximum absolute atomic E-state index is 13.4. The number of fused-ring (bicyclic) bond motifs is 1. The number of nitrogens with zero attached hydrogens (tertiary/aromatic N) is 2. The van der Waals surface area contributed by atoms with E-state index in [9.17, 15) is 14.4 Å². The molecule has 0 atom stereocenters. The van der Waals surface area contributed by atoms with Gasteiger partial charge in [-0.2, -0.15) is 0 Å². The number of piperidine rings is 1. The van der Waals surface area contributed by atoms with Crippen molar-refractivity contribution in [1.29, 1.82) is 0 Å². The van der Waals surface area contributed by atoms with Crippen molar-refractivity contribution < 1.29 is 19.1 Å². The van der Waals surface area contributed by atoms with Gasteiger partial charge in [0.1, 0.15) is 5.82 Å². The van der Waals surface area contributed by atoms with Crippen molar-refractivity contribution in [2.24, 2.45) is 17.8 Å². The lowest BCUT2D eigenvalue weighted by Gasteiger charge is -2.33. The molecule has 2 heterocycles. The summed E-state index contributed by atoms with van der Waals surface area (Å²) in [5.74, 6) is 2.02. The molecule has 9 heteroatoms. The Morgan fingerprint density at radius 1 is 0.925 bits per heavy atom. The minimum atomic E-state index is -0.361. The maximum Gasteiger partial charge on any atom is 0.407 e. The molecule has 9 nitrogen and oxygen atoms in total. The number of amides is 3. The quantitative estimate of drug-likeness (QED) is 0.440. The van der Waals surface area contributed by atoms with E-state index in [2.05, 4.69) is 20.9 Å². The molecule has 2 fully saturated rings. The molecule has 1 saturated carbocycles. The van der Waals surface area contributed by atoms with Crippen LogP contribution < -0.4 is 20.9 Å². The molecule has 218 valence electrons. The number of aromatic nitrogens is 1. The van der Waals surface area contributed by atoms with Crippen molar-refractivity contribution in [2.45, 2.75) is 71.8 Å². The van der Waals surface area contributed by atoms with Crippen LogP contribution in [0.1, 0.15) is 76.6 Å². The van der Waals surface area contributed by atoms with E-state index in [-0.39, 0.29) is 23.4 Å². The van der Waals surface area contributed by atoms with Crippen molar-refractivity contribution in [3.05, 3.63) is 35.9 Å². The van der Waals surface area contributed by atoms with E-state index in [1.54, 1.807) is 6.92 Å². The first-order valence-corrected chi connectivity index (χ1v) is 14.7. The summed E-state index contributed by atoms with van der Waals surface area (Å²) in [4.78, 5) is 43.8. The number of hydrogen-bond acceptors (Lipinski definition) is 6. The summed E-state index contributed by atoms with van der Waals surface area (Å²) in [5.41, 5.74) is 1.17. The van der Waals surface area contributed by atoms with Crippen LogP contribution in [0.4, 0.5) is 10.6 Å². The number of benzene rings is 1. The highest BCUT2D eigenvalue weighted by molar-refractivity contribution is 6.07. The first kappa shape index (κ1) is 29.6. The van der Waals surface area contributed by atoms with Crippen LogP contribution in [-0.4, -0.2) is 61.2 Å². The van der Waals surface area contributed by atoms with Gasteiger partial charge in [0.05, 0.1) is 17.7 Å². The van der Waals surface area contributed by atoms with Crippen molar-refractivity contribution >= 4 is 34.6 Å². The highest BCUT2D eigenvalue weighted by Crippen LogP contribution is 2.30. The summed E-state index contributed by atoms with van der Waals surface area (Å²) in [6.45, 7) is 10.8. The predicted molar refractivity (Wildman–Crippen MR) is 157 cm³/mol. The summed E-state index contributed by atoms with van der Waals surface area (Å²) in [7, 11) is 0. The lowest BCUT2D eigenvalue weighted by atomic mass is 9.82. The fourth-order valence-corrected chi connectivity index (χ4v) is 5.64. The third-order valence-corrected chi connectivity index (χ3v) is 7.97. The Kier molecular flexibility index (Phi) is 9.87. The van der Waals surface area contributed by atoms with Crippen LogP contribution >= 0.6 is 0 Å². The van der Waals surface area contributed by atoms with E-state index < -0.39 is 0 Å².